The average Bonchev–Trinajstić information content (AvgIpc) is 3.17. The molecule has 9 heteroatoms. The first-order chi connectivity index (χ1) is 14.3. The van der Waals surface area contributed by atoms with Crippen molar-refractivity contribution < 1.29 is 19.6 Å². The molecule has 0 unspecified atom stereocenters. The van der Waals surface area contributed by atoms with Gasteiger partial charge in [-0.3, -0.25) is 14.9 Å². The lowest BCUT2D eigenvalue weighted by Gasteiger charge is -2.14. The Balaban J connectivity index is 1.70. The molecule has 0 bridgehead atoms. The summed E-state index contributed by atoms with van der Waals surface area (Å²) in [5, 5.41) is 28.1. The van der Waals surface area contributed by atoms with Crippen molar-refractivity contribution in [1.82, 2.24) is 9.78 Å². The fourth-order valence-electron chi connectivity index (χ4n) is 2.91. The summed E-state index contributed by atoms with van der Waals surface area (Å²) in [5.74, 6) is -0.00976. The number of aryl methyl sites for hydroxylation is 1. The SMILES string of the molecule is Cc1cc(O)c(C(C)C)cc1NC(=O)c1ccn(COc2ccccc2[N+](=O)[O-])n1. The lowest BCUT2D eigenvalue weighted by molar-refractivity contribution is -0.386. The zero-order valence-electron chi connectivity index (χ0n) is 16.8. The molecule has 2 aromatic carbocycles. The van der Waals surface area contributed by atoms with Gasteiger partial charge in [0.2, 0.25) is 0 Å². The second-order valence-electron chi connectivity index (χ2n) is 7.07. The van der Waals surface area contributed by atoms with E-state index in [4.69, 9.17) is 4.74 Å². The number of hydrogen-bond acceptors (Lipinski definition) is 6. The number of aromatic hydroxyl groups is 1. The van der Waals surface area contributed by atoms with Crippen LogP contribution in [0.3, 0.4) is 0 Å². The molecule has 156 valence electrons. The van der Waals surface area contributed by atoms with Crippen molar-refractivity contribution >= 4 is 17.3 Å². The van der Waals surface area contributed by atoms with Crippen LogP contribution in [0, 0.1) is 17.0 Å². The van der Waals surface area contributed by atoms with Gasteiger partial charge in [0, 0.05) is 18.0 Å². The predicted molar refractivity (Wildman–Crippen MR) is 111 cm³/mol. The number of rotatable bonds is 7. The van der Waals surface area contributed by atoms with E-state index in [2.05, 4.69) is 10.4 Å². The minimum atomic E-state index is -0.525. The summed E-state index contributed by atoms with van der Waals surface area (Å²) in [6.45, 7) is 5.61. The molecule has 0 fully saturated rings. The van der Waals surface area contributed by atoms with E-state index in [1.807, 2.05) is 13.8 Å². The Morgan fingerprint density at radius 2 is 2.03 bits per heavy atom. The van der Waals surface area contributed by atoms with Gasteiger partial charge in [0.1, 0.15) is 5.75 Å². The summed E-state index contributed by atoms with van der Waals surface area (Å²) in [6.07, 6.45) is 1.55. The molecule has 0 saturated carbocycles. The van der Waals surface area contributed by atoms with Gasteiger partial charge in [-0.2, -0.15) is 5.10 Å². The number of ether oxygens (including phenoxy) is 1. The number of nitro benzene ring substituents is 1. The maximum Gasteiger partial charge on any atom is 0.311 e. The zero-order chi connectivity index (χ0) is 21.8. The van der Waals surface area contributed by atoms with Crippen molar-refractivity contribution in [2.45, 2.75) is 33.4 Å². The molecule has 0 spiro atoms. The minimum Gasteiger partial charge on any atom is -0.508 e. The minimum absolute atomic E-state index is 0.0894. The number of nitrogens with one attached hydrogen (secondary N) is 1. The van der Waals surface area contributed by atoms with Crippen LogP contribution in [0.1, 0.15) is 41.4 Å². The first kappa shape index (κ1) is 20.8. The summed E-state index contributed by atoms with van der Waals surface area (Å²) in [5.41, 5.74) is 2.07. The predicted octanol–water partition coefficient (Wildman–Crippen LogP) is 4.22. The lowest BCUT2D eigenvalue weighted by Crippen LogP contribution is -2.15. The Bertz CT molecular complexity index is 1090. The first-order valence-corrected chi connectivity index (χ1v) is 9.30. The van der Waals surface area contributed by atoms with Gasteiger partial charge in [-0.05, 0) is 48.2 Å². The number of carbonyl (C=O) groups excluding carboxylic acids is 1. The number of amides is 1. The zero-order valence-corrected chi connectivity index (χ0v) is 16.8. The molecular formula is C21H22N4O5. The molecule has 9 nitrogen and oxygen atoms in total. The topological polar surface area (TPSA) is 120 Å². The van der Waals surface area contributed by atoms with E-state index < -0.39 is 10.8 Å². The van der Waals surface area contributed by atoms with E-state index in [-0.39, 0.29) is 35.5 Å². The highest BCUT2D eigenvalue weighted by Gasteiger charge is 2.16. The van der Waals surface area contributed by atoms with Gasteiger partial charge in [-0.25, -0.2) is 4.68 Å². The van der Waals surface area contributed by atoms with Gasteiger partial charge in [-0.15, -0.1) is 0 Å². The molecular weight excluding hydrogens is 388 g/mol. The number of phenols is 1. The molecule has 0 atom stereocenters. The van der Waals surface area contributed by atoms with Crippen LogP contribution in [-0.2, 0) is 6.73 Å². The Labute approximate surface area is 173 Å². The van der Waals surface area contributed by atoms with Crippen LogP contribution in [0.5, 0.6) is 11.5 Å². The Morgan fingerprint density at radius 3 is 2.73 bits per heavy atom. The molecule has 30 heavy (non-hydrogen) atoms. The van der Waals surface area contributed by atoms with Gasteiger partial charge in [0.15, 0.2) is 18.2 Å². The van der Waals surface area contributed by atoms with Crippen molar-refractivity contribution in [3.63, 3.8) is 0 Å². The monoisotopic (exact) mass is 410 g/mol. The van der Waals surface area contributed by atoms with Crippen LogP contribution in [-0.4, -0.2) is 25.7 Å². The second kappa shape index (κ2) is 8.64. The number of para-hydroxylation sites is 2. The summed E-state index contributed by atoms with van der Waals surface area (Å²) >= 11 is 0. The molecule has 3 rings (SSSR count). The molecule has 1 amide bonds. The van der Waals surface area contributed by atoms with Crippen LogP contribution >= 0.6 is 0 Å². The summed E-state index contributed by atoms with van der Waals surface area (Å²) in [7, 11) is 0. The number of carbonyl (C=O) groups is 1. The molecule has 1 heterocycles. The van der Waals surface area contributed by atoms with Crippen LogP contribution in [0.15, 0.2) is 48.7 Å². The summed E-state index contributed by atoms with van der Waals surface area (Å²) in [4.78, 5) is 23.1. The smallest absolute Gasteiger partial charge is 0.311 e. The Kier molecular flexibility index (Phi) is 6.01. The van der Waals surface area contributed by atoms with Crippen LogP contribution in [0.25, 0.3) is 0 Å². The molecule has 2 N–H and O–H groups in total. The van der Waals surface area contributed by atoms with E-state index in [1.54, 1.807) is 37.4 Å². The molecule has 0 saturated heterocycles. The molecule has 1 aromatic heterocycles. The van der Waals surface area contributed by atoms with Crippen molar-refractivity contribution in [1.29, 1.82) is 0 Å². The Hall–Kier alpha value is -3.88. The molecule has 0 aliphatic heterocycles. The maximum atomic E-state index is 12.6. The van der Waals surface area contributed by atoms with E-state index in [1.165, 1.54) is 22.9 Å². The van der Waals surface area contributed by atoms with E-state index in [0.717, 1.165) is 11.1 Å². The number of hydrogen-bond donors (Lipinski definition) is 2. The number of anilines is 1. The normalized spacial score (nSPS) is 10.8. The number of nitrogens with zero attached hydrogens (tertiary/aromatic N) is 3. The highest BCUT2D eigenvalue weighted by Crippen LogP contribution is 2.31. The molecule has 3 aromatic rings. The molecule has 0 aliphatic carbocycles. The van der Waals surface area contributed by atoms with Gasteiger partial charge < -0.3 is 15.2 Å². The van der Waals surface area contributed by atoms with E-state index in [9.17, 15) is 20.0 Å². The summed E-state index contributed by atoms with van der Waals surface area (Å²) < 4.78 is 6.84. The average molecular weight is 410 g/mol. The van der Waals surface area contributed by atoms with Crippen molar-refractivity contribution in [2.75, 3.05) is 5.32 Å². The van der Waals surface area contributed by atoms with Crippen molar-refractivity contribution in [3.8, 4) is 11.5 Å². The quantitative estimate of drug-likeness (QED) is 0.342. The summed E-state index contributed by atoms with van der Waals surface area (Å²) in [6, 6.07) is 10.9. The maximum absolute atomic E-state index is 12.6. The molecule has 0 aliphatic rings. The van der Waals surface area contributed by atoms with Gasteiger partial charge in [0.05, 0.1) is 4.92 Å². The Morgan fingerprint density at radius 1 is 1.30 bits per heavy atom. The number of phenolic OH excluding ortho intramolecular Hbond substituents is 1. The highest BCUT2D eigenvalue weighted by atomic mass is 16.6. The van der Waals surface area contributed by atoms with Gasteiger partial charge in [0.25, 0.3) is 5.91 Å². The number of aromatic nitrogens is 2. The van der Waals surface area contributed by atoms with Crippen LogP contribution in [0.2, 0.25) is 0 Å². The fraction of sp³-hybridized carbons (Fsp3) is 0.238. The number of nitro groups is 1. The van der Waals surface area contributed by atoms with Crippen molar-refractivity contribution in [2.24, 2.45) is 0 Å². The number of benzene rings is 2. The largest absolute Gasteiger partial charge is 0.508 e. The first-order valence-electron chi connectivity index (χ1n) is 9.30. The van der Waals surface area contributed by atoms with Crippen molar-refractivity contribution in [3.05, 3.63) is 75.6 Å². The third-order valence-electron chi connectivity index (χ3n) is 4.53. The van der Waals surface area contributed by atoms with E-state index >= 15 is 0 Å². The van der Waals surface area contributed by atoms with Gasteiger partial charge in [-0.1, -0.05) is 26.0 Å². The van der Waals surface area contributed by atoms with Crippen LogP contribution in [0.4, 0.5) is 11.4 Å². The lowest BCUT2D eigenvalue weighted by atomic mass is 9.99. The highest BCUT2D eigenvalue weighted by molar-refractivity contribution is 6.03. The third-order valence-corrected chi connectivity index (χ3v) is 4.53. The van der Waals surface area contributed by atoms with E-state index in [0.29, 0.717) is 5.69 Å². The third kappa shape index (κ3) is 4.57. The van der Waals surface area contributed by atoms with Gasteiger partial charge >= 0.3 is 5.69 Å². The standard InChI is InChI=1S/C21H22N4O5/c1-13(2)15-11-17(14(3)10-19(15)26)22-21(27)16-8-9-24(23-16)12-30-20-7-5-4-6-18(20)25(28)29/h4-11,13,26H,12H2,1-3H3,(H,22,27). The fourth-order valence-corrected chi connectivity index (χ4v) is 2.91. The van der Waals surface area contributed by atoms with Crippen LogP contribution < -0.4 is 10.1 Å². The second-order valence-corrected chi connectivity index (χ2v) is 7.07. The molecule has 0 radical (unpaired) electrons.